The number of aromatic nitrogens is 1. The molecule has 0 unspecified atom stereocenters. The predicted molar refractivity (Wildman–Crippen MR) is 69.7 cm³/mol. The molecule has 1 aliphatic heterocycles. The number of nitrogens with zero attached hydrogens (tertiary/aromatic N) is 2. The molecule has 1 saturated heterocycles. The number of aliphatic hydroxyl groups excluding tert-OH is 1. The van der Waals surface area contributed by atoms with Gasteiger partial charge in [-0.15, -0.1) is 0 Å². The molecule has 0 aromatic carbocycles. The van der Waals surface area contributed by atoms with Gasteiger partial charge in [0.2, 0.25) is 0 Å². The molecule has 18 heavy (non-hydrogen) atoms. The van der Waals surface area contributed by atoms with E-state index >= 15 is 0 Å². The van der Waals surface area contributed by atoms with Crippen molar-refractivity contribution in [2.75, 3.05) is 31.1 Å². The highest BCUT2D eigenvalue weighted by atomic mass is 16.3. The molecular formula is C13H19N3O2. The summed E-state index contributed by atoms with van der Waals surface area (Å²) in [6.45, 7) is 2.31. The van der Waals surface area contributed by atoms with Crippen LogP contribution in [0.15, 0.2) is 18.3 Å². The van der Waals surface area contributed by atoms with Crippen LogP contribution >= 0.6 is 0 Å². The lowest BCUT2D eigenvalue weighted by Crippen LogP contribution is -2.30. The number of hydrogen-bond donors (Lipinski definition) is 2. The van der Waals surface area contributed by atoms with Gasteiger partial charge in [-0.3, -0.25) is 4.79 Å². The van der Waals surface area contributed by atoms with Crippen molar-refractivity contribution < 1.29 is 9.90 Å². The number of hydrogen-bond acceptors (Lipinski definition) is 4. The number of anilines is 1. The molecule has 1 amide bonds. The fraction of sp³-hybridized carbons (Fsp3) is 0.538. The van der Waals surface area contributed by atoms with Crippen LogP contribution in [0, 0.1) is 0 Å². The van der Waals surface area contributed by atoms with Crippen LogP contribution in [0.3, 0.4) is 0 Å². The number of carbonyl (C=O) groups is 1. The molecule has 98 valence electrons. The highest BCUT2D eigenvalue weighted by molar-refractivity contribution is 5.94. The molecule has 5 nitrogen and oxygen atoms in total. The first-order valence-electron chi connectivity index (χ1n) is 6.41. The van der Waals surface area contributed by atoms with Crippen molar-refractivity contribution in [3.63, 3.8) is 0 Å². The van der Waals surface area contributed by atoms with Crippen LogP contribution in [-0.4, -0.2) is 42.2 Å². The van der Waals surface area contributed by atoms with Gasteiger partial charge in [-0.05, 0) is 31.4 Å². The minimum absolute atomic E-state index is 0.0506. The van der Waals surface area contributed by atoms with E-state index in [9.17, 15) is 4.79 Å². The Kier molecular flexibility index (Phi) is 4.52. The Bertz CT molecular complexity index is 386. The van der Waals surface area contributed by atoms with Gasteiger partial charge in [-0.1, -0.05) is 0 Å². The summed E-state index contributed by atoms with van der Waals surface area (Å²) in [4.78, 5) is 18.2. The van der Waals surface area contributed by atoms with Gasteiger partial charge in [0, 0.05) is 25.8 Å². The third-order valence-electron chi connectivity index (χ3n) is 3.09. The van der Waals surface area contributed by atoms with Gasteiger partial charge in [0.05, 0.1) is 12.2 Å². The topological polar surface area (TPSA) is 65.5 Å². The SMILES string of the molecule is O=C(NCCO)c1ccc(N2CCCCC2)nc1. The normalized spacial score (nSPS) is 15.5. The van der Waals surface area contributed by atoms with E-state index in [1.165, 1.54) is 19.3 Å². The van der Waals surface area contributed by atoms with Gasteiger partial charge >= 0.3 is 0 Å². The third kappa shape index (κ3) is 3.20. The number of pyridine rings is 1. The molecule has 0 bridgehead atoms. The summed E-state index contributed by atoms with van der Waals surface area (Å²) in [6, 6.07) is 3.67. The standard InChI is InChI=1S/C13H19N3O2/c17-9-6-14-13(18)11-4-5-12(15-10-11)16-7-2-1-3-8-16/h4-5,10,17H,1-3,6-9H2,(H,14,18). The van der Waals surface area contributed by atoms with Crippen molar-refractivity contribution in [2.45, 2.75) is 19.3 Å². The summed E-state index contributed by atoms with van der Waals surface area (Å²) >= 11 is 0. The molecule has 1 aliphatic rings. The molecule has 0 aliphatic carbocycles. The minimum Gasteiger partial charge on any atom is -0.395 e. The number of carbonyl (C=O) groups excluding carboxylic acids is 1. The predicted octanol–water partition coefficient (Wildman–Crippen LogP) is 0.794. The van der Waals surface area contributed by atoms with E-state index < -0.39 is 0 Å². The summed E-state index contributed by atoms with van der Waals surface area (Å²) in [7, 11) is 0. The molecule has 1 aromatic heterocycles. The van der Waals surface area contributed by atoms with Gasteiger partial charge < -0.3 is 15.3 Å². The summed E-state index contributed by atoms with van der Waals surface area (Å²) < 4.78 is 0. The quantitative estimate of drug-likeness (QED) is 0.828. The van der Waals surface area contributed by atoms with Crippen LogP contribution in [-0.2, 0) is 0 Å². The zero-order valence-corrected chi connectivity index (χ0v) is 10.4. The van der Waals surface area contributed by atoms with Crippen LogP contribution in [0.5, 0.6) is 0 Å². The largest absolute Gasteiger partial charge is 0.395 e. The summed E-state index contributed by atoms with van der Waals surface area (Å²) in [5, 5.41) is 11.2. The maximum atomic E-state index is 11.6. The Morgan fingerprint density at radius 2 is 2.11 bits per heavy atom. The van der Waals surface area contributed by atoms with Gasteiger partial charge in [-0.2, -0.15) is 0 Å². The zero-order chi connectivity index (χ0) is 12.8. The van der Waals surface area contributed by atoms with Crippen molar-refractivity contribution in [1.29, 1.82) is 0 Å². The smallest absolute Gasteiger partial charge is 0.252 e. The number of piperidine rings is 1. The molecule has 5 heteroatoms. The Hall–Kier alpha value is -1.62. The first-order chi connectivity index (χ1) is 8.81. The molecule has 2 rings (SSSR count). The molecule has 2 heterocycles. The molecule has 1 fully saturated rings. The first-order valence-corrected chi connectivity index (χ1v) is 6.41. The highest BCUT2D eigenvalue weighted by Crippen LogP contribution is 2.17. The number of nitrogens with one attached hydrogen (secondary N) is 1. The van der Waals surface area contributed by atoms with Crippen molar-refractivity contribution in [2.24, 2.45) is 0 Å². The van der Waals surface area contributed by atoms with Gasteiger partial charge in [-0.25, -0.2) is 4.98 Å². The molecule has 0 spiro atoms. The highest BCUT2D eigenvalue weighted by Gasteiger charge is 2.12. The maximum Gasteiger partial charge on any atom is 0.252 e. The van der Waals surface area contributed by atoms with Crippen molar-refractivity contribution in [1.82, 2.24) is 10.3 Å². The average Bonchev–Trinajstić information content (AvgIpc) is 2.46. The van der Waals surface area contributed by atoms with E-state index in [0.29, 0.717) is 5.56 Å². The Labute approximate surface area is 107 Å². The van der Waals surface area contributed by atoms with E-state index in [1.807, 2.05) is 6.07 Å². The number of aliphatic hydroxyl groups is 1. The monoisotopic (exact) mass is 249 g/mol. The molecule has 0 saturated carbocycles. The zero-order valence-electron chi connectivity index (χ0n) is 10.4. The second kappa shape index (κ2) is 6.35. The fourth-order valence-corrected chi connectivity index (χ4v) is 2.10. The van der Waals surface area contributed by atoms with Crippen molar-refractivity contribution in [3.8, 4) is 0 Å². The lowest BCUT2D eigenvalue weighted by molar-refractivity contribution is 0.0944. The van der Waals surface area contributed by atoms with E-state index in [1.54, 1.807) is 12.3 Å². The van der Waals surface area contributed by atoms with Gasteiger partial charge in [0.1, 0.15) is 5.82 Å². The van der Waals surface area contributed by atoms with Crippen molar-refractivity contribution in [3.05, 3.63) is 23.9 Å². The van der Waals surface area contributed by atoms with Crippen LogP contribution < -0.4 is 10.2 Å². The number of rotatable bonds is 4. The summed E-state index contributed by atoms with van der Waals surface area (Å²) in [6.07, 6.45) is 5.30. The van der Waals surface area contributed by atoms with Crippen LogP contribution in [0.4, 0.5) is 5.82 Å². The summed E-state index contributed by atoms with van der Waals surface area (Å²) in [5.41, 5.74) is 0.532. The maximum absolute atomic E-state index is 11.6. The Balaban J connectivity index is 1.98. The van der Waals surface area contributed by atoms with Gasteiger partial charge in [0.25, 0.3) is 5.91 Å². The van der Waals surface area contributed by atoms with E-state index in [4.69, 9.17) is 5.11 Å². The third-order valence-corrected chi connectivity index (χ3v) is 3.09. The van der Waals surface area contributed by atoms with Crippen molar-refractivity contribution >= 4 is 11.7 Å². The van der Waals surface area contributed by atoms with Crippen LogP contribution in [0.1, 0.15) is 29.6 Å². The second-order valence-corrected chi connectivity index (χ2v) is 4.43. The Morgan fingerprint density at radius 3 is 2.72 bits per heavy atom. The van der Waals surface area contributed by atoms with E-state index in [0.717, 1.165) is 18.9 Å². The van der Waals surface area contributed by atoms with E-state index in [-0.39, 0.29) is 19.1 Å². The second-order valence-electron chi connectivity index (χ2n) is 4.43. The fourth-order valence-electron chi connectivity index (χ4n) is 2.10. The lowest BCUT2D eigenvalue weighted by Gasteiger charge is -2.27. The van der Waals surface area contributed by atoms with Crippen LogP contribution in [0.2, 0.25) is 0 Å². The Morgan fingerprint density at radius 1 is 1.33 bits per heavy atom. The van der Waals surface area contributed by atoms with Gasteiger partial charge in [0.15, 0.2) is 0 Å². The average molecular weight is 249 g/mol. The molecular weight excluding hydrogens is 230 g/mol. The molecule has 1 aromatic rings. The number of amides is 1. The minimum atomic E-state index is -0.193. The molecule has 0 atom stereocenters. The molecule has 0 radical (unpaired) electrons. The van der Waals surface area contributed by atoms with E-state index in [2.05, 4.69) is 15.2 Å². The van der Waals surface area contributed by atoms with Crippen LogP contribution in [0.25, 0.3) is 0 Å². The first kappa shape index (κ1) is 12.8. The lowest BCUT2D eigenvalue weighted by atomic mass is 10.1. The summed E-state index contributed by atoms with van der Waals surface area (Å²) in [5.74, 6) is 0.746. The molecule has 2 N–H and O–H groups in total.